The van der Waals surface area contributed by atoms with Gasteiger partial charge in [0, 0.05) is 16.4 Å². The Kier molecular flexibility index (Phi) is 6.23. The van der Waals surface area contributed by atoms with Crippen LogP contribution in [0.4, 0.5) is 11.4 Å². The summed E-state index contributed by atoms with van der Waals surface area (Å²) in [4.78, 5) is 12.0. The summed E-state index contributed by atoms with van der Waals surface area (Å²) in [6, 6.07) is 18.0. The zero-order chi connectivity index (χ0) is 17.4. The van der Waals surface area contributed by atoms with E-state index in [1.165, 1.54) is 0 Å². The molecule has 0 heterocycles. The number of hydrogen-bond acceptors (Lipinski definition) is 5. The summed E-state index contributed by atoms with van der Waals surface area (Å²) in [6.45, 7) is 1.87. The molecule has 24 heavy (non-hydrogen) atoms. The molecular formula is C18H16ClN3O2. The summed E-state index contributed by atoms with van der Waals surface area (Å²) in [6.07, 6.45) is 0. The number of para-hydroxylation sites is 1. The second-order valence-corrected chi connectivity index (χ2v) is 5.14. The Morgan fingerprint density at radius 1 is 1.08 bits per heavy atom. The Labute approximate surface area is 145 Å². The quantitative estimate of drug-likeness (QED) is 0.469. The zero-order valence-electron chi connectivity index (χ0n) is 13.0. The lowest BCUT2D eigenvalue weighted by Crippen LogP contribution is -2.18. The number of halogens is 1. The molecule has 0 saturated heterocycles. The van der Waals surface area contributed by atoms with Crippen molar-refractivity contribution in [3.8, 4) is 6.07 Å². The number of rotatable bonds is 6. The fourth-order valence-corrected chi connectivity index (χ4v) is 2.03. The Balaban J connectivity index is 2.37. The van der Waals surface area contributed by atoms with E-state index in [4.69, 9.17) is 16.3 Å². The van der Waals surface area contributed by atoms with Gasteiger partial charge in [-0.2, -0.15) is 5.26 Å². The van der Waals surface area contributed by atoms with Crippen LogP contribution in [-0.4, -0.2) is 12.6 Å². The van der Waals surface area contributed by atoms with Crippen LogP contribution in [0.2, 0.25) is 5.02 Å². The van der Waals surface area contributed by atoms with E-state index in [2.05, 4.69) is 10.6 Å². The van der Waals surface area contributed by atoms with E-state index in [1.807, 2.05) is 36.4 Å². The van der Waals surface area contributed by atoms with E-state index in [9.17, 15) is 10.1 Å². The van der Waals surface area contributed by atoms with Crippen molar-refractivity contribution < 1.29 is 9.53 Å². The van der Waals surface area contributed by atoms with Crippen molar-refractivity contribution in [1.82, 2.24) is 0 Å². The third-order valence-electron chi connectivity index (χ3n) is 3.00. The topological polar surface area (TPSA) is 74.2 Å². The number of ether oxygens (including phenoxy) is 1. The van der Waals surface area contributed by atoms with E-state index in [0.717, 1.165) is 5.69 Å². The number of nitrogens with one attached hydrogen (secondary N) is 2. The summed E-state index contributed by atoms with van der Waals surface area (Å²) >= 11 is 5.88. The molecule has 0 aliphatic rings. The highest BCUT2D eigenvalue weighted by Crippen LogP contribution is 2.19. The van der Waals surface area contributed by atoms with E-state index in [0.29, 0.717) is 10.7 Å². The number of hydrogen-bond donors (Lipinski definition) is 2. The average Bonchev–Trinajstić information content (AvgIpc) is 2.58. The molecule has 0 bridgehead atoms. The molecule has 6 heteroatoms. The van der Waals surface area contributed by atoms with Gasteiger partial charge in [-0.3, -0.25) is 0 Å². The van der Waals surface area contributed by atoms with Crippen molar-refractivity contribution >= 4 is 28.9 Å². The molecule has 0 amide bonds. The predicted octanol–water partition coefficient (Wildman–Crippen LogP) is 4.16. The summed E-state index contributed by atoms with van der Waals surface area (Å²) in [5.74, 6) is -0.454. The lowest BCUT2D eigenvalue weighted by atomic mass is 10.2. The fraction of sp³-hybridized carbons (Fsp3) is 0.111. The van der Waals surface area contributed by atoms with Gasteiger partial charge >= 0.3 is 5.97 Å². The smallest absolute Gasteiger partial charge is 0.352 e. The highest BCUT2D eigenvalue weighted by atomic mass is 35.5. The number of nitrogens with zero attached hydrogens (tertiary/aromatic N) is 1. The van der Waals surface area contributed by atoms with Crippen molar-refractivity contribution in [3.05, 3.63) is 71.0 Å². The molecule has 122 valence electrons. The van der Waals surface area contributed by atoms with Crippen molar-refractivity contribution in [2.24, 2.45) is 0 Å². The van der Waals surface area contributed by atoms with E-state index in [-0.39, 0.29) is 18.0 Å². The van der Waals surface area contributed by atoms with Crippen molar-refractivity contribution in [1.29, 1.82) is 5.26 Å². The maximum absolute atomic E-state index is 12.0. The summed E-state index contributed by atoms with van der Waals surface area (Å²) in [5, 5.41) is 16.1. The number of carbonyl (C=O) groups excluding carboxylic acids is 1. The van der Waals surface area contributed by atoms with E-state index in [1.54, 1.807) is 31.2 Å². The van der Waals surface area contributed by atoms with Crippen LogP contribution in [0, 0.1) is 11.3 Å². The molecule has 2 N–H and O–H groups in total. The molecular weight excluding hydrogens is 326 g/mol. The third-order valence-corrected chi connectivity index (χ3v) is 3.25. The molecule has 2 aromatic carbocycles. The second-order valence-electron chi connectivity index (χ2n) is 4.71. The van der Waals surface area contributed by atoms with Crippen molar-refractivity contribution in [2.75, 3.05) is 17.2 Å². The Morgan fingerprint density at radius 2 is 1.67 bits per heavy atom. The van der Waals surface area contributed by atoms with E-state index >= 15 is 0 Å². The zero-order valence-corrected chi connectivity index (χ0v) is 13.8. The molecule has 2 rings (SSSR count). The molecule has 0 radical (unpaired) electrons. The molecule has 0 atom stereocenters. The highest BCUT2D eigenvalue weighted by Gasteiger charge is 2.17. The lowest BCUT2D eigenvalue weighted by molar-refractivity contribution is -0.138. The lowest BCUT2D eigenvalue weighted by Gasteiger charge is -2.15. The van der Waals surface area contributed by atoms with Gasteiger partial charge in [-0.15, -0.1) is 0 Å². The van der Waals surface area contributed by atoms with Crippen LogP contribution < -0.4 is 10.6 Å². The number of benzene rings is 2. The average molecular weight is 342 g/mol. The first-order valence-electron chi connectivity index (χ1n) is 7.30. The molecule has 0 aliphatic carbocycles. The number of anilines is 2. The monoisotopic (exact) mass is 341 g/mol. The SMILES string of the molecule is CCOC(=O)/C(C#N)=C(/Nc1ccccc1)Nc1ccc(Cl)cc1. The van der Waals surface area contributed by atoms with Crippen LogP contribution in [0.3, 0.4) is 0 Å². The van der Waals surface area contributed by atoms with Crippen LogP contribution in [0.25, 0.3) is 0 Å². The second kappa shape index (κ2) is 8.61. The minimum atomic E-state index is -0.695. The number of esters is 1. The van der Waals surface area contributed by atoms with Gasteiger partial charge < -0.3 is 15.4 Å². The van der Waals surface area contributed by atoms with Crippen LogP contribution in [0.5, 0.6) is 0 Å². The molecule has 0 saturated carbocycles. The van der Waals surface area contributed by atoms with Crippen molar-refractivity contribution in [2.45, 2.75) is 6.92 Å². The largest absolute Gasteiger partial charge is 0.462 e. The summed E-state index contributed by atoms with van der Waals surface area (Å²) in [5.41, 5.74) is 1.26. The molecule has 2 aromatic rings. The van der Waals surface area contributed by atoms with Gasteiger partial charge in [0.25, 0.3) is 0 Å². The van der Waals surface area contributed by atoms with E-state index < -0.39 is 5.97 Å². The van der Waals surface area contributed by atoms with Crippen LogP contribution in [0.15, 0.2) is 66.0 Å². The first-order chi connectivity index (χ1) is 11.6. The molecule has 0 unspecified atom stereocenters. The van der Waals surface area contributed by atoms with Crippen LogP contribution in [0.1, 0.15) is 6.92 Å². The Bertz CT molecular complexity index is 765. The van der Waals surface area contributed by atoms with Crippen LogP contribution in [-0.2, 0) is 9.53 Å². The minimum Gasteiger partial charge on any atom is -0.462 e. The first kappa shape index (κ1) is 17.4. The molecule has 0 aliphatic heterocycles. The molecule has 5 nitrogen and oxygen atoms in total. The van der Waals surface area contributed by atoms with Gasteiger partial charge in [-0.1, -0.05) is 29.8 Å². The minimum absolute atomic E-state index is 0.143. The normalized spacial score (nSPS) is 11.0. The Hall–Kier alpha value is -2.97. The van der Waals surface area contributed by atoms with Gasteiger partial charge in [-0.25, -0.2) is 4.79 Å². The molecule has 0 aromatic heterocycles. The van der Waals surface area contributed by atoms with Gasteiger partial charge in [0.05, 0.1) is 6.61 Å². The summed E-state index contributed by atoms with van der Waals surface area (Å²) in [7, 11) is 0. The fourth-order valence-electron chi connectivity index (χ4n) is 1.91. The molecule has 0 spiro atoms. The van der Waals surface area contributed by atoms with Gasteiger partial charge in [0.2, 0.25) is 0 Å². The Morgan fingerprint density at radius 3 is 2.21 bits per heavy atom. The maximum Gasteiger partial charge on any atom is 0.352 e. The number of nitriles is 1. The highest BCUT2D eigenvalue weighted by molar-refractivity contribution is 6.30. The summed E-state index contributed by atoms with van der Waals surface area (Å²) < 4.78 is 4.95. The molecule has 0 fully saturated rings. The van der Waals surface area contributed by atoms with Gasteiger partial charge in [0.1, 0.15) is 11.9 Å². The third kappa shape index (κ3) is 4.77. The van der Waals surface area contributed by atoms with Crippen molar-refractivity contribution in [3.63, 3.8) is 0 Å². The van der Waals surface area contributed by atoms with Gasteiger partial charge in [0.15, 0.2) is 5.57 Å². The standard InChI is InChI=1S/C18H16ClN3O2/c1-2-24-18(23)16(12-20)17(21-14-6-4-3-5-7-14)22-15-10-8-13(19)9-11-15/h3-11,21-22H,2H2,1H3/b17-16-. The maximum atomic E-state index is 12.0. The van der Waals surface area contributed by atoms with Crippen LogP contribution >= 0.6 is 11.6 Å². The predicted molar refractivity (Wildman–Crippen MR) is 94.4 cm³/mol. The van der Waals surface area contributed by atoms with Gasteiger partial charge in [-0.05, 0) is 43.3 Å². The number of carbonyl (C=O) groups is 1. The first-order valence-corrected chi connectivity index (χ1v) is 7.68.